The number of benzene rings is 4. The van der Waals surface area contributed by atoms with Gasteiger partial charge in [0, 0.05) is 37.3 Å². The predicted molar refractivity (Wildman–Crippen MR) is 161 cm³/mol. The molecule has 0 radical (unpaired) electrons. The summed E-state index contributed by atoms with van der Waals surface area (Å²) in [7, 11) is 0. The van der Waals surface area contributed by atoms with E-state index in [2.05, 4.69) is 64.9 Å². The molecule has 0 atom stereocenters. The zero-order valence-corrected chi connectivity index (χ0v) is 23.4. The summed E-state index contributed by atoms with van der Waals surface area (Å²) >= 11 is 0. The Morgan fingerprint density at radius 3 is 2.39 bits per heavy atom. The summed E-state index contributed by atoms with van der Waals surface area (Å²) < 4.78 is 20.0. The van der Waals surface area contributed by atoms with Gasteiger partial charge in [-0.05, 0) is 42.3 Å². The highest BCUT2D eigenvalue weighted by Crippen LogP contribution is 2.34. The minimum absolute atomic E-state index is 0.269. The second-order valence-corrected chi connectivity index (χ2v) is 10.3. The third-order valence-corrected chi connectivity index (χ3v) is 7.27. The van der Waals surface area contributed by atoms with Crippen molar-refractivity contribution >= 4 is 0 Å². The van der Waals surface area contributed by atoms with E-state index in [1.807, 2.05) is 60.8 Å². The zero-order chi connectivity index (χ0) is 27.9. The number of para-hydroxylation sites is 2. The van der Waals surface area contributed by atoms with Crippen molar-refractivity contribution in [2.75, 3.05) is 6.79 Å². The average Bonchev–Trinajstić information content (AvgIpc) is 3.64. The largest absolute Gasteiger partial charge is 0.457 e. The van der Waals surface area contributed by atoms with Gasteiger partial charge in [-0.15, -0.1) is 0 Å². The van der Waals surface area contributed by atoms with E-state index in [-0.39, 0.29) is 6.79 Å². The first-order valence-corrected chi connectivity index (χ1v) is 14.3. The summed E-state index contributed by atoms with van der Waals surface area (Å²) in [6.07, 6.45) is 4.26. The molecule has 0 N–H and O–H groups in total. The molecule has 4 aromatic carbocycles. The number of ether oxygens (including phenoxy) is 3. The molecule has 2 heterocycles. The zero-order valence-electron chi connectivity index (χ0n) is 23.4. The van der Waals surface area contributed by atoms with Gasteiger partial charge in [0.05, 0.1) is 11.9 Å². The van der Waals surface area contributed by atoms with Crippen molar-refractivity contribution in [3.8, 4) is 34.4 Å². The third kappa shape index (κ3) is 6.44. The predicted octanol–water partition coefficient (Wildman–Crippen LogP) is 8.07. The van der Waals surface area contributed by atoms with Crippen LogP contribution in [-0.4, -0.2) is 21.2 Å². The molecule has 0 fully saturated rings. The van der Waals surface area contributed by atoms with Gasteiger partial charge < -0.3 is 18.8 Å². The van der Waals surface area contributed by atoms with Crippen LogP contribution in [0.1, 0.15) is 36.6 Å². The van der Waals surface area contributed by atoms with Crippen LogP contribution < -0.4 is 14.2 Å². The van der Waals surface area contributed by atoms with E-state index in [1.54, 1.807) is 0 Å². The summed E-state index contributed by atoms with van der Waals surface area (Å²) in [5, 5.41) is 0. The van der Waals surface area contributed by atoms with Crippen LogP contribution >= 0.6 is 0 Å². The summed E-state index contributed by atoms with van der Waals surface area (Å²) in [5.41, 5.74) is 4.62. The van der Waals surface area contributed by atoms with E-state index in [1.165, 1.54) is 11.3 Å². The van der Waals surface area contributed by atoms with Gasteiger partial charge in [-0.2, -0.15) is 0 Å². The van der Waals surface area contributed by atoms with E-state index in [0.717, 1.165) is 72.4 Å². The molecule has 1 aromatic heterocycles. The van der Waals surface area contributed by atoms with Gasteiger partial charge in [0.15, 0.2) is 11.5 Å². The fraction of sp³-hybridized carbons (Fsp3) is 0.229. The van der Waals surface area contributed by atoms with E-state index in [4.69, 9.17) is 19.2 Å². The van der Waals surface area contributed by atoms with Crippen molar-refractivity contribution in [2.24, 2.45) is 0 Å². The number of aromatic nitrogens is 2. The molecule has 6 rings (SSSR count). The number of unbranched alkanes of at least 4 members (excludes halogenated alkanes) is 1. The lowest BCUT2D eigenvalue weighted by Gasteiger charge is -2.25. The molecule has 0 unspecified atom stereocenters. The SMILES string of the molecule is CCCCn1c(CN(Cc2ccc3c(c2)OCO3)Cc2ccccc2Oc2ccccc2)cnc1-c1ccccc1. The maximum Gasteiger partial charge on any atom is 0.231 e. The molecule has 0 amide bonds. The second-order valence-electron chi connectivity index (χ2n) is 10.3. The van der Waals surface area contributed by atoms with E-state index in [9.17, 15) is 0 Å². The molecule has 0 saturated carbocycles. The van der Waals surface area contributed by atoms with Crippen LogP contribution in [0, 0.1) is 0 Å². The van der Waals surface area contributed by atoms with Crippen molar-refractivity contribution in [3.63, 3.8) is 0 Å². The first-order chi connectivity index (χ1) is 20.3. The Hall–Kier alpha value is -4.55. The molecule has 1 aliphatic heterocycles. The van der Waals surface area contributed by atoms with Crippen LogP contribution in [0.4, 0.5) is 0 Å². The van der Waals surface area contributed by atoms with Gasteiger partial charge in [-0.25, -0.2) is 4.98 Å². The Kier molecular flexibility index (Phi) is 8.29. The molecule has 5 aromatic rings. The van der Waals surface area contributed by atoms with E-state index >= 15 is 0 Å². The number of nitrogens with zero attached hydrogens (tertiary/aromatic N) is 3. The van der Waals surface area contributed by atoms with Crippen molar-refractivity contribution in [1.29, 1.82) is 0 Å². The van der Waals surface area contributed by atoms with Crippen LogP contribution in [0.3, 0.4) is 0 Å². The highest BCUT2D eigenvalue weighted by molar-refractivity contribution is 5.56. The lowest BCUT2D eigenvalue weighted by molar-refractivity contribution is 0.174. The van der Waals surface area contributed by atoms with E-state index < -0.39 is 0 Å². The van der Waals surface area contributed by atoms with Crippen molar-refractivity contribution in [2.45, 2.75) is 45.9 Å². The lowest BCUT2D eigenvalue weighted by atomic mass is 10.1. The molecule has 41 heavy (non-hydrogen) atoms. The number of hydrogen-bond acceptors (Lipinski definition) is 5. The summed E-state index contributed by atoms with van der Waals surface area (Å²) in [6.45, 7) is 5.60. The highest BCUT2D eigenvalue weighted by atomic mass is 16.7. The van der Waals surface area contributed by atoms with Crippen molar-refractivity contribution in [1.82, 2.24) is 14.5 Å². The summed E-state index contributed by atoms with van der Waals surface area (Å²) in [6, 6.07) is 34.9. The molecule has 0 saturated heterocycles. The molecule has 0 aliphatic carbocycles. The molecule has 0 bridgehead atoms. The fourth-order valence-electron chi connectivity index (χ4n) is 5.21. The van der Waals surface area contributed by atoms with Gasteiger partial charge in [0.1, 0.15) is 17.3 Å². The fourth-order valence-corrected chi connectivity index (χ4v) is 5.21. The Balaban J connectivity index is 1.32. The number of fused-ring (bicyclic) bond motifs is 1. The first kappa shape index (κ1) is 26.7. The normalized spacial score (nSPS) is 12.1. The molecule has 1 aliphatic rings. The van der Waals surface area contributed by atoms with Gasteiger partial charge in [-0.1, -0.05) is 86.1 Å². The van der Waals surface area contributed by atoms with Crippen LogP contribution in [-0.2, 0) is 26.2 Å². The summed E-state index contributed by atoms with van der Waals surface area (Å²) in [5.74, 6) is 4.30. The minimum Gasteiger partial charge on any atom is -0.457 e. The minimum atomic E-state index is 0.269. The first-order valence-electron chi connectivity index (χ1n) is 14.3. The third-order valence-electron chi connectivity index (χ3n) is 7.27. The Morgan fingerprint density at radius 2 is 1.56 bits per heavy atom. The number of rotatable bonds is 12. The van der Waals surface area contributed by atoms with Crippen LogP contribution in [0.5, 0.6) is 23.0 Å². The highest BCUT2D eigenvalue weighted by Gasteiger charge is 2.19. The molecule has 0 spiro atoms. The van der Waals surface area contributed by atoms with Gasteiger partial charge in [0.2, 0.25) is 6.79 Å². The van der Waals surface area contributed by atoms with Gasteiger partial charge >= 0.3 is 0 Å². The topological polar surface area (TPSA) is 48.8 Å². The smallest absolute Gasteiger partial charge is 0.231 e. The van der Waals surface area contributed by atoms with Gasteiger partial charge in [-0.3, -0.25) is 4.90 Å². The Labute approximate surface area is 241 Å². The quantitative estimate of drug-likeness (QED) is 0.159. The molecule has 6 heteroatoms. The van der Waals surface area contributed by atoms with Crippen molar-refractivity contribution in [3.05, 3.63) is 126 Å². The number of imidazole rings is 1. The molecule has 208 valence electrons. The monoisotopic (exact) mass is 545 g/mol. The van der Waals surface area contributed by atoms with E-state index in [0.29, 0.717) is 6.54 Å². The lowest BCUT2D eigenvalue weighted by Crippen LogP contribution is -2.24. The number of hydrogen-bond donors (Lipinski definition) is 0. The molecule has 6 nitrogen and oxygen atoms in total. The standard InChI is InChI=1S/C35H35N3O3/c1-2-3-20-38-30(22-36-35(38)28-12-6-4-7-13-28)25-37(23-27-18-19-33-34(21-27)40-26-39-33)24-29-14-10-11-17-32(29)41-31-15-8-5-9-16-31/h4-19,21-22H,2-3,20,23-26H2,1H3. The van der Waals surface area contributed by atoms with Crippen LogP contribution in [0.2, 0.25) is 0 Å². The van der Waals surface area contributed by atoms with Gasteiger partial charge in [0.25, 0.3) is 0 Å². The maximum atomic E-state index is 6.33. The maximum absolute atomic E-state index is 6.33. The Bertz CT molecular complexity index is 1570. The van der Waals surface area contributed by atoms with Crippen molar-refractivity contribution < 1.29 is 14.2 Å². The average molecular weight is 546 g/mol. The molecular weight excluding hydrogens is 510 g/mol. The van der Waals surface area contributed by atoms with Crippen LogP contribution in [0.25, 0.3) is 11.4 Å². The Morgan fingerprint density at radius 1 is 0.805 bits per heavy atom. The van der Waals surface area contributed by atoms with Crippen LogP contribution in [0.15, 0.2) is 109 Å². The molecular formula is C35H35N3O3. The summed E-state index contributed by atoms with van der Waals surface area (Å²) in [4.78, 5) is 7.35. The second kappa shape index (κ2) is 12.7.